The molecule has 182 valence electrons. The van der Waals surface area contributed by atoms with Crippen molar-refractivity contribution in [2.24, 2.45) is 0 Å². The van der Waals surface area contributed by atoms with E-state index in [1.165, 1.54) is 25.8 Å². The molecule has 0 bridgehead atoms. The Bertz CT molecular complexity index is 1460. The summed E-state index contributed by atoms with van der Waals surface area (Å²) in [4.78, 5) is 18.7. The van der Waals surface area contributed by atoms with E-state index in [0.29, 0.717) is 16.1 Å². The Morgan fingerprint density at radius 2 is 1.14 bits per heavy atom. The Labute approximate surface area is 230 Å². The lowest BCUT2D eigenvalue weighted by Crippen LogP contribution is -2.05. The lowest BCUT2D eigenvalue weighted by Gasteiger charge is -2.10. The van der Waals surface area contributed by atoms with Gasteiger partial charge in [-0.3, -0.25) is 4.79 Å². The number of aryl methyl sites for hydroxylation is 2. The number of carbonyl (C=O) groups excluding carboxylic acids is 1. The number of rotatable bonds is 7. The molecule has 0 saturated heterocycles. The molecule has 0 N–H and O–H groups in total. The molecule has 0 aliphatic rings. The Morgan fingerprint density at radius 3 is 1.65 bits per heavy atom. The third-order valence-electron chi connectivity index (χ3n) is 6.03. The topological polar surface area (TPSA) is 17.1 Å². The standard InChI is InChI=1S/C33H26ClOS2/c1-23-8-15-28(16-9-23)37(29-17-10-24(2)11-18-29)30-19-13-27(14-20-30)36-32-21-12-26(22-31(32)34)33(35)25-6-4-3-5-7-25/h3-22H,1-2H3/q+1. The molecule has 0 radical (unpaired) electrons. The van der Waals surface area contributed by atoms with Gasteiger partial charge < -0.3 is 0 Å². The first-order valence-corrected chi connectivity index (χ1v) is 14.4. The normalized spacial score (nSPS) is 11.0. The molecule has 0 amide bonds. The van der Waals surface area contributed by atoms with Crippen LogP contribution in [0, 0.1) is 13.8 Å². The van der Waals surface area contributed by atoms with Crippen molar-refractivity contribution < 1.29 is 4.79 Å². The minimum atomic E-state index is -0.190. The van der Waals surface area contributed by atoms with E-state index >= 15 is 0 Å². The van der Waals surface area contributed by atoms with Crippen LogP contribution >= 0.6 is 23.4 Å². The summed E-state index contributed by atoms with van der Waals surface area (Å²) in [5.41, 5.74) is 3.77. The molecule has 0 atom stereocenters. The first-order valence-electron chi connectivity index (χ1n) is 12.0. The van der Waals surface area contributed by atoms with E-state index in [1.54, 1.807) is 17.8 Å². The Hall–Kier alpha value is -3.24. The summed E-state index contributed by atoms with van der Waals surface area (Å²) in [5.74, 6) is -0.0253. The second-order valence-electron chi connectivity index (χ2n) is 8.85. The molecule has 0 fully saturated rings. The van der Waals surface area contributed by atoms with Gasteiger partial charge in [-0.25, -0.2) is 0 Å². The predicted molar refractivity (Wildman–Crippen MR) is 156 cm³/mol. The maximum Gasteiger partial charge on any atom is 0.193 e. The van der Waals surface area contributed by atoms with Crippen molar-refractivity contribution in [2.45, 2.75) is 38.3 Å². The minimum absolute atomic E-state index is 0.0253. The van der Waals surface area contributed by atoms with Gasteiger partial charge in [0.05, 0.1) is 15.9 Å². The van der Waals surface area contributed by atoms with Crippen molar-refractivity contribution in [3.8, 4) is 0 Å². The molecule has 0 spiro atoms. The smallest absolute Gasteiger partial charge is 0.193 e. The number of benzene rings is 5. The van der Waals surface area contributed by atoms with Gasteiger partial charge in [0.2, 0.25) is 0 Å². The molecule has 0 saturated carbocycles. The van der Waals surface area contributed by atoms with Crippen LogP contribution < -0.4 is 0 Å². The highest BCUT2D eigenvalue weighted by Crippen LogP contribution is 2.37. The van der Waals surface area contributed by atoms with Crippen LogP contribution in [0.2, 0.25) is 5.02 Å². The maximum absolute atomic E-state index is 12.8. The van der Waals surface area contributed by atoms with Crippen LogP contribution in [-0.4, -0.2) is 5.78 Å². The number of ketones is 1. The Morgan fingerprint density at radius 1 is 0.622 bits per heavy atom. The molecule has 0 heterocycles. The summed E-state index contributed by atoms with van der Waals surface area (Å²) >= 11 is 8.21. The third kappa shape index (κ3) is 6.02. The van der Waals surface area contributed by atoms with E-state index in [-0.39, 0.29) is 16.7 Å². The zero-order valence-electron chi connectivity index (χ0n) is 20.6. The lowest BCUT2D eigenvalue weighted by atomic mass is 10.0. The van der Waals surface area contributed by atoms with Crippen LogP contribution in [0.1, 0.15) is 27.0 Å². The molecular weight excluding hydrogens is 512 g/mol. The van der Waals surface area contributed by atoms with Crippen LogP contribution in [0.4, 0.5) is 0 Å². The van der Waals surface area contributed by atoms with E-state index in [9.17, 15) is 4.79 Å². The van der Waals surface area contributed by atoms with Gasteiger partial charge >= 0.3 is 0 Å². The second kappa shape index (κ2) is 11.4. The second-order valence-corrected chi connectivity index (χ2v) is 12.4. The third-order valence-corrected chi connectivity index (χ3v) is 9.77. The summed E-state index contributed by atoms with van der Waals surface area (Å²) in [6, 6.07) is 41.2. The molecule has 5 aromatic rings. The summed E-state index contributed by atoms with van der Waals surface area (Å²) in [6.45, 7) is 4.24. The lowest BCUT2D eigenvalue weighted by molar-refractivity contribution is 0.103. The van der Waals surface area contributed by atoms with Gasteiger partial charge in [0.15, 0.2) is 20.5 Å². The van der Waals surface area contributed by atoms with Crippen molar-refractivity contribution in [2.75, 3.05) is 0 Å². The summed E-state index contributed by atoms with van der Waals surface area (Å²) in [7, 11) is -0.190. The van der Waals surface area contributed by atoms with E-state index in [2.05, 4.69) is 86.6 Å². The molecule has 0 aliphatic carbocycles. The fourth-order valence-electron chi connectivity index (χ4n) is 4.01. The largest absolute Gasteiger partial charge is 0.289 e. The molecule has 0 aliphatic heterocycles. The average molecular weight is 538 g/mol. The molecule has 0 unspecified atom stereocenters. The molecule has 0 aromatic heterocycles. The van der Waals surface area contributed by atoms with E-state index < -0.39 is 0 Å². The summed E-state index contributed by atoms with van der Waals surface area (Å²) < 4.78 is 0. The fourth-order valence-corrected chi connectivity index (χ4v) is 7.16. The van der Waals surface area contributed by atoms with Gasteiger partial charge in [-0.1, -0.05) is 89.1 Å². The molecule has 4 heteroatoms. The van der Waals surface area contributed by atoms with E-state index in [1.807, 2.05) is 42.5 Å². The number of carbonyl (C=O) groups is 1. The van der Waals surface area contributed by atoms with Gasteiger partial charge in [0.25, 0.3) is 0 Å². The van der Waals surface area contributed by atoms with Gasteiger partial charge in [0.1, 0.15) is 0 Å². The van der Waals surface area contributed by atoms with Crippen LogP contribution in [0.5, 0.6) is 0 Å². The van der Waals surface area contributed by atoms with Crippen LogP contribution in [-0.2, 0) is 10.9 Å². The van der Waals surface area contributed by atoms with E-state index in [4.69, 9.17) is 11.6 Å². The summed E-state index contributed by atoms with van der Waals surface area (Å²) in [6.07, 6.45) is 0. The van der Waals surface area contributed by atoms with Crippen molar-refractivity contribution in [1.29, 1.82) is 0 Å². The zero-order chi connectivity index (χ0) is 25.8. The number of hydrogen-bond donors (Lipinski definition) is 0. The first-order chi connectivity index (χ1) is 18.0. The maximum atomic E-state index is 12.8. The van der Waals surface area contributed by atoms with Crippen LogP contribution in [0.15, 0.2) is 146 Å². The number of hydrogen-bond acceptors (Lipinski definition) is 2. The highest BCUT2D eigenvalue weighted by Gasteiger charge is 2.28. The quantitative estimate of drug-likeness (QED) is 0.152. The minimum Gasteiger partial charge on any atom is -0.289 e. The highest BCUT2D eigenvalue weighted by molar-refractivity contribution is 7.99. The fraction of sp³-hybridized carbons (Fsp3) is 0.0606. The SMILES string of the molecule is Cc1ccc([S+](c2ccc(C)cc2)c2ccc(Sc3ccc(C(=O)c4ccccc4)cc3Cl)cc2)cc1. The molecule has 37 heavy (non-hydrogen) atoms. The first kappa shape index (κ1) is 25.4. The van der Waals surface area contributed by atoms with Crippen LogP contribution in [0.25, 0.3) is 0 Å². The Kier molecular flexibility index (Phi) is 7.85. The predicted octanol–water partition coefficient (Wildman–Crippen LogP) is 9.43. The van der Waals surface area contributed by atoms with Crippen molar-refractivity contribution in [1.82, 2.24) is 0 Å². The van der Waals surface area contributed by atoms with Gasteiger partial charge in [-0.2, -0.15) is 0 Å². The van der Waals surface area contributed by atoms with Gasteiger partial charge in [-0.15, -0.1) is 0 Å². The van der Waals surface area contributed by atoms with Crippen molar-refractivity contribution >= 4 is 40.0 Å². The van der Waals surface area contributed by atoms with Gasteiger partial charge in [-0.05, 0) is 80.6 Å². The Balaban J connectivity index is 1.39. The number of halogens is 1. The molecular formula is C33H26ClOS2+. The zero-order valence-corrected chi connectivity index (χ0v) is 23.0. The summed E-state index contributed by atoms with van der Waals surface area (Å²) in [5, 5.41) is 0.579. The van der Waals surface area contributed by atoms with Crippen molar-refractivity contribution in [3.63, 3.8) is 0 Å². The van der Waals surface area contributed by atoms with Crippen LogP contribution in [0.3, 0.4) is 0 Å². The average Bonchev–Trinajstić information content (AvgIpc) is 2.93. The van der Waals surface area contributed by atoms with Gasteiger partial charge in [0, 0.05) is 20.9 Å². The molecule has 5 aromatic carbocycles. The van der Waals surface area contributed by atoms with Crippen molar-refractivity contribution in [3.05, 3.63) is 149 Å². The highest BCUT2D eigenvalue weighted by atomic mass is 35.5. The monoisotopic (exact) mass is 537 g/mol. The molecule has 1 nitrogen and oxygen atoms in total. The van der Waals surface area contributed by atoms with E-state index in [0.717, 1.165) is 9.79 Å². The molecule has 5 rings (SSSR count).